The van der Waals surface area contributed by atoms with E-state index in [1.165, 1.54) is 20.8 Å². The molecule has 0 aliphatic heterocycles. The van der Waals surface area contributed by atoms with Crippen molar-refractivity contribution in [2.45, 2.75) is 45.8 Å². The Morgan fingerprint density at radius 2 is 1.56 bits per heavy atom. The molecule has 176 valence electrons. The van der Waals surface area contributed by atoms with E-state index in [0.717, 1.165) is 25.1 Å². The fraction of sp³-hybridized carbons (Fsp3) is 0.381. The maximum absolute atomic E-state index is 13.4. The summed E-state index contributed by atoms with van der Waals surface area (Å²) in [6.07, 6.45) is -9.93. The Morgan fingerprint density at radius 3 is 2.09 bits per heavy atom. The Morgan fingerprint density at radius 1 is 0.938 bits per heavy atom. The molecule has 2 aromatic rings. The molecule has 5 nitrogen and oxygen atoms in total. The van der Waals surface area contributed by atoms with Crippen LogP contribution in [0.5, 0.6) is 23.0 Å². The van der Waals surface area contributed by atoms with Gasteiger partial charge in [-0.25, -0.2) is 4.79 Å². The van der Waals surface area contributed by atoms with Crippen LogP contribution in [0.25, 0.3) is 0 Å². The zero-order valence-electron chi connectivity index (χ0n) is 20.2. The Bertz CT molecular complexity index is 1090. The van der Waals surface area contributed by atoms with Crippen molar-refractivity contribution in [1.29, 1.82) is 0 Å². The van der Waals surface area contributed by atoms with Gasteiger partial charge in [-0.1, -0.05) is 0 Å². The van der Waals surface area contributed by atoms with Crippen molar-refractivity contribution in [3.63, 3.8) is 0 Å². The summed E-state index contributed by atoms with van der Waals surface area (Å²) in [4.78, 5) is 12.8. The van der Waals surface area contributed by atoms with Crippen LogP contribution in [0.4, 0.5) is 26.3 Å². The number of carbonyl (C=O) groups excluding carboxylic acids is 1. The molecule has 32 heavy (non-hydrogen) atoms. The number of ether oxygens (including phenoxy) is 4. The smallest absolute Gasteiger partial charge is 0.493 e. The van der Waals surface area contributed by atoms with Gasteiger partial charge in [-0.15, -0.1) is 13.2 Å². The van der Waals surface area contributed by atoms with Crippen LogP contribution in [0.15, 0.2) is 30.3 Å². The lowest BCUT2D eigenvalue weighted by Crippen LogP contribution is -2.25. The molecule has 0 unspecified atom stereocenters. The van der Waals surface area contributed by atoms with E-state index in [0.29, 0.717) is 12.1 Å². The minimum atomic E-state index is -5.10. The highest BCUT2D eigenvalue weighted by molar-refractivity contribution is 5.95. The number of rotatable bonds is 5. The van der Waals surface area contributed by atoms with Crippen LogP contribution in [-0.4, -0.2) is 25.0 Å². The van der Waals surface area contributed by atoms with Crippen LogP contribution in [0, 0.1) is 6.92 Å². The van der Waals surface area contributed by atoms with Crippen molar-refractivity contribution < 1.29 is 54.2 Å². The molecule has 0 aromatic heterocycles. The van der Waals surface area contributed by atoms with Crippen LogP contribution < -0.4 is 14.2 Å². The van der Waals surface area contributed by atoms with Crippen LogP contribution >= 0.6 is 0 Å². The number of benzene rings is 2. The summed E-state index contributed by atoms with van der Waals surface area (Å²) in [5.41, 5.74) is -3.41. The molecule has 0 radical (unpaired) electrons. The zero-order valence-corrected chi connectivity index (χ0v) is 17.2. The van der Waals surface area contributed by atoms with Crippen LogP contribution in [0.1, 0.15) is 46.4 Å². The quantitative estimate of drug-likeness (QED) is 0.362. The van der Waals surface area contributed by atoms with Crippen molar-refractivity contribution in [3.8, 4) is 23.0 Å². The van der Waals surface area contributed by atoms with Crippen molar-refractivity contribution in [2.75, 3.05) is 7.04 Å². The second kappa shape index (κ2) is 8.79. The zero-order chi connectivity index (χ0) is 27.0. The van der Waals surface area contributed by atoms with E-state index in [9.17, 15) is 31.1 Å². The molecule has 2 rings (SSSR count). The summed E-state index contributed by atoms with van der Waals surface area (Å²) >= 11 is 0. The lowest BCUT2D eigenvalue weighted by atomic mass is 10.0. The lowest BCUT2D eigenvalue weighted by Gasteiger charge is -2.23. The molecule has 0 N–H and O–H groups in total. The molecule has 0 fully saturated rings. The standard InChI is InChI=1S/C21H20F6O5/c1-11-13(20(22,23)24)7-9-15(17(11)18(28)32-19(2,3)4)30-14-8-6-12(10-16(14)29-5)31-21(25,26)27/h6-10H,1-5H3/i5D3. The second-order valence-corrected chi connectivity index (χ2v) is 7.47. The van der Waals surface area contributed by atoms with Gasteiger partial charge in [0.1, 0.15) is 22.7 Å². The van der Waals surface area contributed by atoms with E-state index in [1.54, 1.807) is 0 Å². The highest BCUT2D eigenvalue weighted by Crippen LogP contribution is 2.41. The van der Waals surface area contributed by atoms with Crippen molar-refractivity contribution >= 4 is 5.97 Å². The predicted molar refractivity (Wildman–Crippen MR) is 101 cm³/mol. The number of methoxy groups -OCH3 is 1. The Kier molecular flexibility index (Phi) is 5.71. The highest BCUT2D eigenvalue weighted by Gasteiger charge is 2.36. The van der Waals surface area contributed by atoms with Crippen molar-refractivity contribution in [3.05, 3.63) is 47.0 Å². The molecule has 0 amide bonds. The van der Waals surface area contributed by atoms with Crippen LogP contribution in [-0.2, 0) is 10.9 Å². The van der Waals surface area contributed by atoms with Gasteiger partial charge in [0.2, 0.25) is 0 Å². The Labute approximate surface area is 184 Å². The van der Waals surface area contributed by atoms with Gasteiger partial charge >= 0.3 is 18.5 Å². The minimum absolute atomic E-state index is 0.482. The third kappa shape index (κ3) is 6.44. The average Bonchev–Trinajstić information content (AvgIpc) is 2.58. The van der Waals surface area contributed by atoms with E-state index < -0.39 is 70.8 Å². The molecule has 0 heterocycles. The SMILES string of the molecule is [2H]C([2H])([2H])Oc1cc(OC(F)(F)F)ccc1Oc1ccc(C(F)(F)F)c(C)c1C(=O)OC(C)(C)C. The molecule has 11 heteroatoms. The van der Waals surface area contributed by atoms with Gasteiger partial charge in [-0.05, 0) is 57.5 Å². The summed E-state index contributed by atoms with van der Waals surface area (Å²) in [5, 5.41) is 0. The van der Waals surface area contributed by atoms with Gasteiger partial charge in [0.25, 0.3) is 0 Å². The first-order valence-electron chi connectivity index (χ1n) is 10.4. The summed E-state index contributed by atoms with van der Waals surface area (Å²) in [5.74, 6) is -3.77. The molecule has 0 aliphatic rings. The number of hydrogen-bond donors (Lipinski definition) is 0. The fourth-order valence-corrected chi connectivity index (χ4v) is 2.63. The van der Waals surface area contributed by atoms with E-state index in [2.05, 4.69) is 9.47 Å². The topological polar surface area (TPSA) is 54.0 Å². The summed E-state index contributed by atoms with van der Waals surface area (Å²) in [7, 11) is -3.14. The normalized spacial score (nSPS) is 14.1. The van der Waals surface area contributed by atoms with Gasteiger partial charge in [-0.2, -0.15) is 13.2 Å². The summed E-state index contributed by atoms with van der Waals surface area (Å²) in [6.45, 7) is 5.46. The summed E-state index contributed by atoms with van der Waals surface area (Å²) in [6, 6.07) is 3.60. The molecule has 0 atom stereocenters. The first-order valence-corrected chi connectivity index (χ1v) is 8.87. The average molecular weight is 469 g/mol. The van der Waals surface area contributed by atoms with Crippen molar-refractivity contribution in [2.24, 2.45) is 0 Å². The molecule has 0 saturated carbocycles. The number of carbonyl (C=O) groups is 1. The molecule has 0 saturated heterocycles. The third-order valence-corrected chi connectivity index (χ3v) is 3.81. The van der Waals surface area contributed by atoms with Gasteiger partial charge in [0, 0.05) is 6.07 Å². The molecular weight excluding hydrogens is 446 g/mol. The number of halogens is 6. The number of hydrogen-bond acceptors (Lipinski definition) is 5. The lowest BCUT2D eigenvalue weighted by molar-refractivity contribution is -0.274. The van der Waals surface area contributed by atoms with Gasteiger partial charge in [0.05, 0.1) is 16.7 Å². The largest absolute Gasteiger partial charge is 0.573 e. The third-order valence-electron chi connectivity index (χ3n) is 3.81. The number of esters is 1. The highest BCUT2D eigenvalue weighted by atomic mass is 19.4. The van der Waals surface area contributed by atoms with E-state index in [1.807, 2.05) is 0 Å². The van der Waals surface area contributed by atoms with E-state index in [-0.39, 0.29) is 0 Å². The molecule has 0 spiro atoms. The maximum Gasteiger partial charge on any atom is 0.573 e. The Balaban J connectivity index is 2.64. The molecular formula is C21H20F6O5. The predicted octanol–water partition coefficient (Wildman–Crippen LogP) is 6.67. The first-order chi connectivity index (χ1) is 15.7. The first kappa shape index (κ1) is 20.8. The van der Waals surface area contributed by atoms with Crippen molar-refractivity contribution in [1.82, 2.24) is 0 Å². The van der Waals surface area contributed by atoms with Gasteiger partial charge < -0.3 is 18.9 Å². The Hall–Kier alpha value is -3.11. The number of alkyl halides is 6. The van der Waals surface area contributed by atoms with Crippen LogP contribution in [0.3, 0.4) is 0 Å². The minimum Gasteiger partial charge on any atom is -0.493 e. The maximum atomic E-state index is 13.4. The molecule has 0 aliphatic carbocycles. The monoisotopic (exact) mass is 469 g/mol. The summed E-state index contributed by atoms with van der Waals surface area (Å²) < 4.78 is 119. The van der Waals surface area contributed by atoms with Gasteiger partial charge in [-0.3, -0.25) is 0 Å². The second-order valence-electron chi connectivity index (χ2n) is 7.47. The molecule has 2 aromatic carbocycles. The molecule has 0 bridgehead atoms. The fourth-order valence-electron chi connectivity index (χ4n) is 2.63. The van der Waals surface area contributed by atoms with Gasteiger partial charge in [0.15, 0.2) is 11.5 Å². The van der Waals surface area contributed by atoms with E-state index >= 15 is 0 Å². The van der Waals surface area contributed by atoms with E-state index in [4.69, 9.17) is 13.6 Å². The van der Waals surface area contributed by atoms with Crippen LogP contribution in [0.2, 0.25) is 0 Å².